The fourth-order valence-electron chi connectivity index (χ4n) is 2.52. The number of ether oxygens (including phenoxy) is 2. The number of rotatable bonds is 3. The van der Waals surface area contributed by atoms with Crippen molar-refractivity contribution in [2.75, 3.05) is 20.2 Å². The summed E-state index contributed by atoms with van der Waals surface area (Å²) in [6, 6.07) is 18.4. The Bertz CT molecular complexity index is 539. The van der Waals surface area contributed by atoms with Crippen LogP contribution in [-0.4, -0.2) is 20.2 Å². The molecular weight excluding hydrogens is 250 g/mol. The molecule has 0 bridgehead atoms. The minimum atomic E-state index is 0.0832. The molecule has 0 aliphatic carbocycles. The van der Waals surface area contributed by atoms with E-state index in [1.165, 1.54) is 11.1 Å². The largest absolute Gasteiger partial charge is 0.497 e. The maximum absolute atomic E-state index is 6.23. The maximum atomic E-state index is 6.23. The van der Waals surface area contributed by atoms with Gasteiger partial charge in [0.15, 0.2) is 0 Å². The second-order valence-corrected chi connectivity index (χ2v) is 4.96. The summed E-state index contributed by atoms with van der Waals surface area (Å²) in [4.78, 5) is 0. The van der Waals surface area contributed by atoms with E-state index in [9.17, 15) is 0 Å². The Morgan fingerprint density at radius 3 is 2.10 bits per heavy atom. The molecule has 0 amide bonds. The Balaban J connectivity index is 1.74. The first-order chi connectivity index (χ1) is 9.86. The maximum Gasteiger partial charge on any atom is 0.118 e. The van der Waals surface area contributed by atoms with E-state index in [0.717, 1.165) is 18.8 Å². The predicted octanol–water partition coefficient (Wildman–Crippen LogP) is 3.10. The Kier molecular flexibility index (Phi) is 4.00. The average Bonchev–Trinajstić information content (AvgIpc) is 2.56. The van der Waals surface area contributed by atoms with Gasteiger partial charge in [-0.05, 0) is 23.3 Å². The number of morpholine rings is 1. The molecule has 3 heteroatoms. The molecule has 2 unspecified atom stereocenters. The first-order valence-corrected chi connectivity index (χ1v) is 6.92. The summed E-state index contributed by atoms with van der Waals surface area (Å²) in [6.45, 7) is 1.70. The van der Waals surface area contributed by atoms with E-state index in [0.29, 0.717) is 0 Å². The van der Waals surface area contributed by atoms with E-state index in [-0.39, 0.29) is 12.2 Å². The molecule has 3 nitrogen and oxygen atoms in total. The van der Waals surface area contributed by atoms with Crippen LogP contribution in [0.25, 0.3) is 0 Å². The standard InChI is InChI=1S/C17H19NO2/c1-19-15-9-7-14(8-10-15)17-12-18-11-16(20-17)13-5-3-2-4-6-13/h2-10,16-18H,11-12H2,1H3. The second kappa shape index (κ2) is 6.07. The molecule has 1 N–H and O–H groups in total. The summed E-state index contributed by atoms with van der Waals surface area (Å²) < 4.78 is 11.4. The first kappa shape index (κ1) is 13.2. The summed E-state index contributed by atoms with van der Waals surface area (Å²) >= 11 is 0. The van der Waals surface area contributed by atoms with Crippen LogP contribution in [0.1, 0.15) is 23.3 Å². The minimum Gasteiger partial charge on any atom is -0.497 e. The van der Waals surface area contributed by atoms with Crippen molar-refractivity contribution >= 4 is 0 Å². The molecule has 0 spiro atoms. The molecule has 0 saturated carbocycles. The Labute approximate surface area is 119 Å². The molecule has 1 saturated heterocycles. The Morgan fingerprint density at radius 1 is 0.900 bits per heavy atom. The smallest absolute Gasteiger partial charge is 0.118 e. The molecule has 20 heavy (non-hydrogen) atoms. The number of methoxy groups -OCH3 is 1. The molecule has 3 rings (SSSR count). The molecule has 0 aromatic heterocycles. The molecule has 2 aromatic carbocycles. The van der Waals surface area contributed by atoms with Crippen LogP contribution >= 0.6 is 0 Å². The van der Waals surface area contributed by atoms with Gasteiger partial charge in [-0.1, -0.05) is 42.5 Å². The SMILES string of the molecule is COc1ccc(C2CNCC(c3ccccc3)O2)cc1. The second-order valence-electron chi connectivity index (χ2n) is 4.96. The van der Waals surface area contributed by atoms with E-state index in [1.807, 2.05) is 18.2 Å². The van der Waals surface area contributed by atoms with Crippen LogP contribution < -0.4 is 10.1 Å². The van der Waals surface area contributed by atoms with Crippen LogP contribution in [0.4, 0.5) is 0 Å². The average molecular weight is 269 g/mol. The van der Waals surface area contributed by atoms with Gasteiger partial charge in [-0.15, -0.1) is 0 Å². The Hall–Kier alpha value is -1.84. The zero-order valence-electron chi connectivity index (χ0n) is 11.6. The molecule has 104 valence electrons. The quantitative estimate of drug-likeness (QED) is 0.928. The minimum absolute atomic E-state index is 0.0832. The van der Waals surface area contributed by atoms with Crippen LogP contribution in [0.3, 0.4) is 0 Å². The third-order valence-electron chi connectivity index (χ3n) is 3.65. The van der Waals surface area contributed by atoms with Crippen LogP contribution in [0.5, 0.6) is 5.75 Å². The van der Waals surface area contributed by atoms with Crippen molar-refractivity contribution in [3.8, 4) is 5.75 Å². The number of hydrogen-bond donors (Lipinski definition) is 1. The lowest BCUT2D eigenvalue weighted by Crippen LogP contribution is -2.35. The molecule has 2 aromatic rings. The van der Waals surface area contributed by atoms with Crippen molar-refractivity contribution in [2.45, 2.75) is 12.2 Å². The lowest BCUT2D eigenvalue weighted by atomic mass is 10.0. The first-order valence-electron chi connectivity index (χ1n) is 6.92. The van der Waals surface area contributed by atoms with Crippen LogP contribution in [0.2, 0.25) is 0 Å². The molecular formula is C17H19NO2. The molecule has 1 aliphatic rings. The molecule has 1 aliphatic heterocycles. The van der Waals surface area contributed by atoms with E-state index < -0.39 is 0 Å². The van der Waals surface area contributed by atoms with Crippen molar-refractivity contribution in [1.82, 2.24) is 5.32 Å². The number of nitrogens with one attached hydrogen (secondary N) is 1. The highest BCUT2D eigenvalue weighted by Crippen LogP contribution is 2.29. The highest BCUT2D eigenvalue weighted by atomic mass is 16.5. The third kappa shape index (κ3) is 2.84. The summed E-state index contributed by atoms with van der Waals surface area (Å²) in [5.41, 5.74) is 2.40. The topological polar surface area (TPSA) is 30.5 Å². The van der Waals surface area contributed by atoms with Gasteiger partial charge >= 0.3 is 0 Å². The zero-order valence-corrected chi connectivity index (χ0v) is 11.6. The van der Waals surface area contributed by atoms with Gasteiger partial charge in [0.25, 0.3) is 0 Å². The summed E-state index contributed by atoms with van der Waals surface area (Å²) in [7, 11) is 1.68. The van der Waals surface area contributed by atoms with Crippen molar-refractivity contribution in [2.24, 2.45) is 0 Å². The van der Waals surface area contributed by atoms with Crippen molar-refractivity contribution in [3.05, 3.63) is 65.7 Å². The molecule has 1 fully saturated rings. The van der Waals surface area contributed by atoms with Gasteiger partial charge in [0.1, 0.15) is 5.75 Å². The van der Waals surface area contributed by atoms with Gasteiger partial charge < -0.3 is 14.8 Å². The molecule has 2 atom stereocenters. The van der Waals surface area contributed by atoms with Gasteiger partial charge in [0, 0.05) is 13.1 Å². The predicted molar refractivity (Wildman–Crippen MR) is 78.9 cm³/mol. The summed E-state index contributed by atoms with van der Waals surface area (Å²) in [5.74, 6) is 0.872. The molecule has 0 radical (unpaired) electrons. The lowest BCUT2D eigenvalue weighted by molar-refractivity contribution is -0.0406. The van der Waals surface area contributed by atoms with Crippen LogP contribution in [-0.2, 0) is 4.74 Å². The van der Waals surface area contributed by atoms with Crippen molar-refractivity contribution in [3.63, 3.8) is 0 Å². The van der Waals surface area contributed by atoms with Crippen LogP contribution in [0, 0.1) is 0 Å². The fourth-order valence-corrected chi connectivity index (χ4v) is 2.52. The third-order valence-corrected chi connectivity index (χ3v) is 3.65. The van der Waals surface area contributed by atoms with Crippen LogP contribution in [0.15, 0.2) is 54.6 Å². The van der Waals surface area contributed by atoms with Crippen molar-refractivity contribution in [1.29, 1.82) is 0 Å². The van der Waals surface area contributed by atoms with E-state index >= 15 is 0 Å². The van der Waals surface area contributed by atoms with Gasteiger partial charge in [0.05, 0.1) is 19.3 Å². The lowest BCUT2D eigenvalue weighted by Gasteiger charge is -2.31. The van der Waals surface area contributed by atoms with Gasteiger partial charge in [-0.3, -0.25) is 0 Å². The highest BCUT2D eigenvalue weighted by Gasteiger charge is 2.24. The van der Waals surface area contributed by atoms with E-state index in [2.05, 4.69) is 41.7 Å². The number of benzene rings is 2. The van der Waals surface area contributed by atoms with Gasteiger partial charge in [0.2, 0.25) is 0 Å². The van der Waals surface area contributed by atoms with E-state index in [1.54, 1.807) is 7.11 Å². The van der Waals surface area contributed by atoms with Crippen molar-refractivity contribution < 1.29 is 9.47 Å². The number of hydrogen-bond acceptors (Lipinski definition) is 3. The normalized spacial score (nSPS) is 22.4. The van der Waals surface area contributed by atoms with E-state index in [4.69, 9.17) is 9.47 Å². The van der Waals surface area contributed by atoms with Gasteiger partial charge in [-0.25, -0.2) is 0 Å². The Morgan fingerprint density at radius 2 is 1.50 bits per heavy atom. The summed E-state index contributed by atoms with van der Waals surface area (Å²) in [5, 5.41) is 3.45. The zero-order chi connectivity index (χ0) is 13.8. The molecule has 1 heterocycles. The fraction of sp³-hybridized carbons (Fsp3) is 0.294. The summed E-state index contributed by atoms with van der Waals surface area (Å²) in [6.07, 6.45) is 0.192. The van der Waals surface area contributed by atoms with Gasteiger partial charge in [-0.2, -0.15) is 0 Å². The highest BCUT2D eigenvalue weighted by molar-refractivity contribution is 5.29. The monoisotopic (exact) mass is 269 g/mol.